The quantitative estimate of drug-likeness (QED) is 0.825. The van der Waals surface area contributed by atoms with Gasteiger partial charge in [0, 0.05) is 29.2 Å². The van der Waals surface area contributed by atoms with Gasteiger partial charge in [0.05, 0.1) is 6.61 Å². The van der Waals surface area contributed by atoms with E-state index in [1.54, 1.807) is 6.07 Å². The van der Waals surface area contributed by atoms with Gasteiger partial charge in [0.2, 0.25) is 0 Å². The van der Waals surface area contributed by atoms with E-state index in [4.69, 9.17) is 21.4 Å². The van der Waals surface area contributed by atoms with Crippen molar-refractivity contribution in [3.05, 3.63) is 64.4 Å². The summed E-state index contributed by atoms with van der Waals surface area (Å²) in [6.45, 7) is 1.13. The van der Waals surface area contributed by atoms with Crippen molar-refractivity contribution in [2.24, 2.45) is 0 Å². The van der Waals surface area contributed by atoms with Crippen molar-refractivity contribution in [1.29, 1.82) is 0 Å². The van der Waals surface area contributed by atoms with E-state index in [0.29, 0.717) is 29.4 Å². The normalized spacial score (nSPS) is 10.6. The summed E-state index contributed by atoms with van der Waals surface area (Å²) in [5.41, 5.74) is 1.48. The lowest BCUT2D eigenvalue weighted by molar-refractivity contribution is 0.200. The average Bonchev–Trinajstić information content (AvgIpc) is 2.50. The van der Waals surface area contributed by atoms with Crippen molar-refractivity contribution in [3.63, 3.8) is 0 Å². The molecule has 2 aromatic rings. The summed E-state index contributed by atoms with van der Waals surface area (Å²) >= 11 is 5.86. The number of hydrogen-bond acceptors (Lipinski definition) is 3. The van der Waals surface area contributed by atoms with Gasteiger partial charge in [-0.1, -0.05) is 29.8 Å². The summed E-state index contributed by atoms with van der Waals surface area (Å²) in [6, 6.07) is 12.0. The smallest absolute Gasteiger partial charge is 0.127 e. The first-order valence-corrected chi connectivity index (χ1v) is 7.04. The van der Waals surface area contributed by atoms with Gasteiger partial charge in [-0.2, -0.15) is 0 Å². The van der Waals surface area contributed by atoms with Crippen LogP contribution < -0.4 is 10.1 Å². The van der Waals surface area contributed by atoms with E-state index in [2.05, 4.69) is 5.32 Å². The van der Waals surface area contributed by atoms with Crippen LogP contribution >= 0.6 is 11.6 Å². The molecule has 0 aliphatic rings. The van der Waals surface area contributed by atoms with Crippen LogP contribution in [0.4, 0.5) is 4.39 Å². The fraction of sp³-hybridized carbons (Fsp3) is 0.250. The molecule has 0 heterocycles. The molecule has 21 heavy (non-hydrogen) atoms. The molecule has 3 nitrogen and oxygen atoms in total. The molecule has 2 rings (SSSR count). The summed E-state index contributed by atoms with van der Waals surface area (Å²) in [5.74, 6) is 0.433. The van der Waals surface area contributed by atoms with E-state index < -0.39 is 0 Å². The zero-order valence-corrected chi connectivity index (χ0v) is 12.2. The highest BCUT2D eigenvalue weighted by molar-refractivity contribution is 6.30. The monoisotopic (exact) mass is 309 g/mol. The van der Waals surface area contributed by atoms with Gasteiger partial charge in [-0.25, -0.2) is 4.39 Å². The third-order valence-corrected chi connectivity index (χ3v) is 3.20. The number of aliphatic hydroxyl groups is 1. The Hall–Kier alpha value is -1.62. The van der Waals surface area contributed by atoms with Crippen LogP contribution in [-0.4, -0.2) is 18.3 Å². The Kier molecular flexibility index (Phi) is 5.99. The van der Waals surface area contributed by atoms with Crippen molar-refractivity contribution >= 4 is 11.6 Å². The van der Waals surface area contributed by atoms with Gasteiger partial charge < -0.3 is 15.2 Å². The number of hydrogen-bond donors (Lipinski definition) is 2. The van der Waals surface area contributed by atoms with Crippen molar-refractivity contribution < 1.29 is 14.2 Å². The fourth-order valence-corrected chi connectivity index (χ4v) is 2.15. The molecular formula is C16H17ClFNO2. The molecule has 0 aliphatic carbocycles. The van der Waals surface area contributed by atoms with Crippen molar-refractivity contribution in [3.8, 4) is 5.75 Å². The lowest BCUT2D eigenvalue weighted by Crippen LogP contribution is -2.15. The van der Waals surface area contributed by atoms with Crippen LogP contribution in [0.3, 0.4) is 0 Å². The van der Waals surface area contributed by atoms with Gasteiger partial charge in [0.15, 0.2) is 0 Å². The summed E-state index contributed by atoms with van der Waals surface area (Å²) in [4.78, 5) is 0. The Morgan fingerprint density at radius 2 is 1.86 bits per heavy atom. The standard InChI is InChI=1S/C16H17ClFNO2/c17-14-5-6-15(18)13(9-14)11-19-10-12-3-1-2-4-16(12)21-8-7-20/h1-6,9,19-20H,7-8,10-11H2. The molecule has 0 bridgehead atoms. The Morgan fingerprint density at radius 3 is 2.67 bits per heavy atom. The number of para-hydroxylation sites is 1. The maximum atomic E-state index is 13.6. The maximum absolute atomic E-state index is 13.6. The van der Waals surface area contributed by atoms with E-state index >= 15 is 0 Å². The van der Waals surface area contributed by atoms with Gasteiger partial charge in [-0.15, -0.1) is 0 Å². The minimum absolute atomic E-state index is 0.0323. The molecule has 0 atom stereocenters. The molecule has 0 aliphatic heterocycles. The lowest BCUT2D eigenvalue weighted by atomic mass is 10.1. The van der Waals surface area contributed by atoms with Gasteiger partial charge in [0.25, 0.3) is 0 Å². The fourth-order valence-electron chi connectivity index (χ4n) is 1.96. The van der Waals surface area contributed by atoms with Crippen molar-refractivity contribution in [2.75, 3.05) is 13.2 Å². The number of ether oxygens (including phenoxy) is 1. The molecule has 0 amide bonds. The highest BCUT2D eigenvalue weighted by Crippen LogP contribution is 2.18. The molecule has 0 saturated carbocycles. The molecule has 0 saturated heterocycles. The molecule has 2 aromatic carbocycles. The highest BCUT2D eigenvalue weighted by atomic mass is 35.5. The van der Waals surface area contributed by atoms with Gasteiger partial charge in [0.1, 0.15) is 18.2 Å². The van der Waals surface area contributed by atoms with Crippen LogP contribution in [0.25, 0.3) is 0 Å². The summed E-state index contributed by atoms with van der Waals surface area (Å²) in [7, 11) is 0. The molecule has 2 N–H and O–H groups in total. The van der Waals surface area contributed by atoms with E-state index in [-0.39, 0.29) is 19.0 Å². The maximum Gasteiger partial charge on any atom is 0.127 e. The van der Waals surface area contributed by atoms with E-state index in [1.807, 2.05) is 24.3 Å². The molecule has 0 fully saturated rings. The zero-order chi connectivity index (χ0) is 15.1. The Labute approximate surface area is 128 Å². The Morgan fingerprint density at radius 1 is 1.10 bits per heavy atom. The number of nitrogens with one attached hydrogen (secondary N) is 1. The molecule has 0 unspecified atom stereocenters. The second-order valence-electron chi connectivity index (χ2n) is 4.52. The molecule has 5 heteroatoms. The summed E-state index contributed by atoms with van der Waals surface area (Å²) in [6.07, 6.45) is 0. The highest BCUT2D eigenvalue weighted by Gasteiger charge is 2.05. The van der Waals surface area contributed by atoms with Gasteiger partial charge in [-0.3, -0.25) is 0 Å². The minimum Gasteiger partial charge on any atom is -0.491 e. The summed E-state index contributed by atoms with van der Waals surface area (Å²) in [5, 5.41) is 12.5. The number of aliphatic hydroxyl groups excluding tert-OH is 1. The molecule has 112 valence electrons. The number of benzene rings is 2. The largest absolute Gasteiger partial charge is 0.491 e. The number of halogens is 2. The van der Waals surface area contributed by atoms with Crippen molar-refractivity contribution in [2.45, 2.75) is 13.1 Å². The van der Waals surface area contributed by atoms with Crippen molar-refractivity contribution in [1.82, 2.24) is 5.32 Å². The Bertz CT molecular complexity index is 592. The second-order valence-corrected chi connectivity index (χ2v) is 4.96. The second kappa shape index (κ2) is 7.98. The molecule has 0 spiro atoms. The third kappa shape index (κ3) is 4.70. The van der Waals surface area contributed by atoms with Crippen LogP contribution in [0.15, 0.2) is 42.5 Å². The predicted molar refractivity (Wildman–Crippen MR) is 81.0 cm³/mol. The van der Waals surface area contributed by atoms with E-state index in [9.17, 15) is 4.39 Å². The topological polar surface area (TPSA) is 41.5 Å². The predicted octanol–water partition coefficient (Wildman–Crippen LogP) is 3.14. The van der Waals surface area contributed by atoms with Crippen LogP contribution in [0, 0.1) is 5.82 Å². The molecular weight excluding hydrogens is 293 g/mol. The lowest BCUT2D eigenvalue weighted by Gasteiger charge is -2.12. The van der Waals surface area contributed by atoms with Crippen LogP contribution in [-0.2, 0) is 13.1 Å². The van der Waals surface area contributed by atoms with E-state index in [1.165, 1.54) is 12.1 Å². The Balaban J connectivity index is 1.95. The minimum atomic E-state index is -0.281. The first kappa shape index (κ1) is 15.8. The molecule has 0 radical (unpaired) electrons. The van der Waals surface area contributed by atoms with Crippen LogP contribution in [0.2, 0.25) is 5.02 Å². The van der Waals surface area contributed by atoms with Gasteiger partial charge >= 0.3 is 0 Å². The average molecular weight is 310 g/mol. The zero-order valence-electron chi connectivity index (χ0n) is 11.5. The first-order chi connectivity index (χ1) is 10.2. The molecule has 0 aromatic heterocycles. The summed E-state index contributed by atoms with van der Waals surface area (Å²) < 4.78 is 19.0. The van der Waals surface area contributed by atoms with Crippen LogP contribution in [0.5, 0.6) is 5.75 Å². The van der Waals surface area contributed by atoms with Crippen LogP contribution in [0.1, 0.15) is 11.1 Å². The first-order valence-electron chi connectivity index (χ1n) is 6.67. The third-order valence-electron chi connectivity index (χ3n) is 2.96. The van der Waals surface area contributed by atoms with Gasteiger partial charge in [-0.05, 0) is 24.3 Å². The van der Waals surface area contributed by atoms with E-state index in [0.717, 1.165) is 5.56 Å². The number of rotatable bonds is 7. The SMILES string of the molecule is OCCOc1ccccc1CNCc1cc(Cl)ccc1F.